The smallest absolute Gasteiger partial charge is 0.267 e. The second-order valence-corrected chi connectivity index (χ2v) is 12.0. The monoisotopic (exact) mass is 678 g/mol. The Morgan fingerprint density at radius 3 is 1.80 bits per heavy atom. The SMILES string of the molecule is Cc1cccc2nc(C(C)N)c(-c3ccccn3)c(=O)n12.Cc1cccc2nc(C(C)Nc3ncnc4nc[nH]c34)c(-c3ccccn3)c(=O)n12. The van der Waals surface area contributed by atoms with Gasteiger partial charge < -0.3 is 16.0 Å². The molecular formula is C37H34N12O2. The summed E-state index contributed by atoms with van der Waals surface area (Å²) in [6.45, 7) is 7.52. The molecule has 14 heteroatoms. The van der Waals surface area contributed by atoms with Gasteiger partial charge in [0.05, 0.1) is 46.3 Å². The van der Waals surface area contributed by atoms with E-state index in [1.54, 1.807) is 33.6 Å². The van der Waals surface area contributed by atoms with Crippen molar-refractivity contribution in [3.63, 3.8) is 0 Å². The highest BCUT2D eigenvalue weighted by atomic mass is 16.1. The lowest BCUT2D eigenvalue weighted by Crippen LogP contribution is -2.24. The van der Waals surface area contributed by atoms with E-state index in [2.05, 4.69) is 40.2 Å². The summed E-state index contributed by atoms with van der Waals surface area (Å²) in [5.74, 6) is 0.586. The lowest BCUT2D eigenvalue weighted by molar-refractivity contribution is 0.774. The third-order valence-electron chi connectivity index (χ3n) is 8.40. The van der Waals surface area contributed by atoms with Crippen LogP contribution in [0.4, 0.5) is 5.82 Å². The number of aromatic amines is 1. The molecule has 4 N–H and O–H groups in total. The van der Waals surface area contributed by atoms with Crippen molar-refractivity contribution < 1.29 is 0 Å². The maximum atomic E-state index is 13.5. The van der Waals surface area contributed by atoms with Crippen LogP contribution in [0.3, 0.4) is 0 Å². The molecule has 0 aliphatic carbocycles. The predicted molar refractivity (Wildman–Crippen MR) is 195 cm³/mol. The Morgan fingerprint density at radius 2 is 1.25 bits per heavy atom. The zero-order chi connectivity index (χ0) is 35.6. The number of aromatic nitrogens is 10. The van der Waals surface area contributed by atoms with E-state index in [0.717, 1.165) is 11.4 Å². The summed E-state index contributed by atoms with van der Waals surface area (Å²) in [5.41, 5.74) is 13.1. The minimum Gasteiger partial charge on any atom is -0.360 e. The van der Waals surface area contributed by atoms with E-state index in [4.69, 9.17) is 10.7 Å². The minimum absolute atomic E-state index is 0.135. The van der Waals surface area contributed by atoms with Crippen molar-refractivity contribution in [2.75, 3.05) is 5.32 Å². The Hall–Kier alpha value is -6.67. The third kappa shape index (κ3) is 6.19. The van der Waals surface area contributed by atoms with Crippen molar-refractivity contribution in [3.05, 3.63) is 141 Å². The fourth-order valence-electron chi connectivity index (χ4n) is 6.00. The Bertz CT molecular complexity index is 2630. The molecule has 8 aromatic rings. The van der Waals surface area contributed by atoms with E-state index in [1.165, 1.54) is 6.33 Å². The van der Waals surface area contributed by atoms with E-state index in [9.17, 15) is 9.59 Å². The topological polar surface area (TPSA) is 187 Å². The van der Waals surface area contributed by atoms with Crippen LogP contribution in [0.2, 0.25) is 0 Å². The summed E-state index contributed by atoms with van der Waals surface area (Å²) >= 11 is 0. The maximum absolute atomic E-state index is 13.5. The summed E-state index contributed by atoms with van der Waals surface area (Å²) in [7, 11) is 0. The van der Waals surface area contributed by atoms with Crippen LogP contribution in [0, 0.1) is 13.8 Å². The summed E-state index contributed by atoms with van der Waals surface area (Å²) in [6.07, 6.45) is 6.34. The van der Waals surface area contributed by atoms with Crippen molar-refractivity contribution in [2.24, 2.45) is 5.73 Å². The maximum Gasteiger partial charge on any atom is 0.267 e. The molecule has 0 saturated heterocycles. The summed E-state index contributed by atoms with van der Waals surface area (Å²) in [5, 5.41) is 3.34. The summed E-state index contributed by atoms with van der Waals surface area (Å²) in [6, 6.07) is 21.4. The number of nitrogens with two attached hydrogens (primary N) is 1. The average molecular weight is 679 g/mol. The second kappa shape index (κ2) is 13.7. The number of anilines is 1. The van der Waals surface area contributed by atoms with Crippen molar-refractivity contribution in [1.29, 1.82) is 0 Å². The average Bonchev–Trinajstić information content (AvgIpc) is 3.62. The lowest BCUT2D eigenvalue weighted by atomic mass is 10.1. The lowest BCUT2D eigenvalue weighted by Gasteiger charge is -2.19. The molecule has 0 amide bonds. The molecule has 0 fully saturated rings. The van der Waals surface area contributed by atoms with Gasteiger partial charge in [-0.05, 0) is 76.2 Å². The molecule has 0 aromatic carbocycles. The molecule has 14 nitrogen and oxygen atoms in total. The number of nitrogens with zero attached hydrogens (tertiary/aromatic N) is 9. The van der Waals surface area contributed by atoms with E-state index in [0.29, 0.717) is 62.2 Å². The van der Waals surface area contributed by atoms with Crippen molar-refractivity contribution in [3.8, 4) is 22.5 Å². The fourth-order valence-corrected chi connectivity index (χ4v) is 6.00. The number of hydrogen-bond acceptors (Lipinski definition) is 11. The number of aryl methyl sites for hydroxylation is 2. The van der Waals surface area contributed by atoms with Crippen LogP contribution in [0.5, 0.6) is 0 Å². The molecule has 8 aromatic heterocycles. The zero-order valence-corrected chi connectivity index (χ0v) is 28.3. The molecule has 2 atom stereocenters. The highest BCUT2D eigenvalue weighted by Crippen LogP contribution is 2.27. The van der Waals surface area contributed by atoms with E-state index in [1.807, 2.05) is 94.4 Å². The predicted octanol–water partition coefficient (Wildman–Crippen LogP) is 4.99. The Labute approximate surface area is 291 Å². The standard InChI is InChI=1S/C21H18N8O.C16H16N4O/c1-12-6-5-8-15-28-17(16(21(30)29(12)15)14-7-3-4-9-22-14)13(2)27-20-18-19(24-10-23-18)25-11-26-20;1-10-6-5-8-13-19-15(11(2)17)14(16(21)20(10)13)12-7-3-4-9-18-12/h3-11,13H,1-2H3,(H2,23,24,25,26,27);3-9,11H,17H2,1-2H3. The molecule has 254 valence electrons. The number of H-pyrrole nitrogens is 1. The van der Waals surface area contributed by atoms with Crippen LogP contribution < -0.4 is 22.2 Å². The molecule has 0 saturated carbocycles. The van der Waals surface area contributed by atoms with Crippen LogP contribution in [0.15, 0.2) is 107 Å². The number of nitrogens with one attached hydrogen (secondary N) is 2. The molecule has 51 heavy (non-hydrogen) atoms. The van der Waals surface area contributed by atoms with Gasteiger partial charge in [0.15, 0.2) is 11.5 Å². The summed E-state index contributed by atoms with van der Waals surface area (Å²) < 4.78 is 3.20. The van der Waals surface area contributed by atoms with Crippen LogP contribution in [-0.2, 0) is 0 Å². The number of hydrogen-bond donors (Lipinski definition) is 3. The van der Waals surface area contributed by atoms with Crippen LogP contribution >= 0.6 is 0 Å². The third-order valence-corrected chi connectivity index (χ3v) is 8.40. The van der Waals surface area contributed by atoms with Crippen LogP contribution in [-0.4, -0.2) is 48.7 Å². The van der Waals surface area contributed by atoms with Crippen molar-refractivity contribution in [2.45, 2.75) is 39.8 Å². The molecule has 8 heterocycles. The van der Waals surface area contributed by atoms with E-state index < -0.39 is 0 Å². The molecule has 0 bridgehead atoms. The molecule has 0 aliphatic heterocycles. The first-order valence-corrected chi connectivity index (χ1v) is 16.3. The fraction of sp³-hybridized carbons (Fsp3) is 0.162. The van der Waals surface area contributed by atoms with Crippen LogP contribution in [0.1, 0.15) is 48.7 Å². The van der Waals surface area contributed by atoms with Gasteiger partial charge in [-0.15, -0.1) is 0 Å². The molecule has 0 radical (unpaired) electrons. The first kappa shape index (κ1) is 32.9. The highest BCUT2D eigenvalue weighted by Gasteiger charge is 2.23. The van der Waals surface area contributed by atoms with Gasteiger partial charge in [0, 0.05) is 29.8 Å². The number of imidazole rings is 1. The molecule has 8 rings (SSSR count). The van der Waals surface area contributed by atoms with Gasteiger partial charge in [-0.2, -0.15) is 0 Å². The first-order chi connectivity index (χ1) is 24.7. The number of rotatable bonds is 6. The molecule has 2 unspecified atom stereocenters. The van der Waals surface area contributed by atoms with Gasteiger partial charge in [-0.1, -0.05) is 24.3 Å². The Morgan fingerprint density at radius 1 is 0.686 bits per heavy atom. The minimum atomic E-state index is -0.347. The zero-order valence-electron chi connectivity index (χ0n) is 28.3. The quantitative estimate of drug-likeness (QED) is 0.215. The van der Waals surface area contributed by atoms with Gasteiger partial charge in [-0.25, -0.2) is 24.9 Å². The second-order valence-electron chi connectivity index (χ2n) is 12.0. The Kier molecular flexibility index (Phi) is 8.81. The van der Waals surface area contributed by atoms with Gasteiger partial charge in [0.2, 0.25) is 0 Å². The molecular weight excluding hydrogens is 644 g/mol. The Balaban J connectivity index is 0.000000170. The normalized spacial score (nSPS) is 12.4. The van der Waals surface area contributed by atoms with Crippen LogP contribution in [0.25, 0.3) is 45.0 Å². The molecule has 0 spiro atoms. The van der Waals surface area contributed by atoms with Gasteiger partial charge >= 0.3 is 0 Å². The number of fused-ring (bicyclic) bond motifs is 3. The number of pyridine rings is 4. The van der Waals surface area contributed by atoms with Gasteiger partial charge in [-0.3, -0.25) is 28.4 Å². The largest absolute Gasteiger partial charge is 0.360 e. The van der Waals surface area contributed by atoms with Crippen molar-refractivity contribution in [1.82, 2.24) is 48.7 Å². The van der Waals surface area contributed by atoms with Crippen molar-refractivity contribution >= 4 is 28.3 Å². The first-order valence-electron chi connectivity index (χ1n) is 16.3. The van der Waals surface area contributed by atoms with Gasteiger partial charge in [0.25, 0.3) is 11.1 Å². The van der Waals surface area contributed by atoms with E-state index in [-0.39, 0.29) is 23.2 Å². The molecule has 0 aliphatic rings. The summed E-state index contributed by atoms with van der Waals surface area (Å²) in [4.78, 5) is 60.2. The highest BCUT2D eigenvalue weighted by molar-refractivity contribution is 5.82. The van der Waals surface area contributed by atoms with E-state index >= 15 is 0 Å². The van der Waals surface area contributed by atoms with Gasteiger partial charge in [0.1, 0.15) is 23.1 Å².